The Morgan fingerprint density at radius 2 is 1.94 bits per heavy atom. The topological polar surface area (TPSA) is 86.1 Å². The van der Waals surface area contributed by atoms with Gasteiger partial charge in [0.15, 0.2) is 5.16 Å². The van der Waals surface area contributed by atoms with Gasteiger partial charge in [-0.05, 0) is 25.0 Å². The van der Waals surface area contributed by atoms with Gasteiger partial charge in [-0.3, -0.25) is 4.79 Å². The molecule has 1 amide bonds. The average Bonchev–Trinajstić information content (AvgIpc) is 3.27. The number of ether oxygens (including phenoxy) is 1. The minimum absolute atomic E-state index is 0.157. The Kier molecular flexibility index (Phi) is 7.50. The van der Waals surface area contributed by atoms with Crippen molar-refractivity contribution in [2.75, 3.05) is 17.7 Å². The highest BCUT2D eigenvalue weighted by molar-refractivity contribution is 7.99. The lowest BCUT2D eigenvalue weighted by atomic mass is 10.1. The van der Waals surface area contributed by atoms with Crippen LogP contribution in [-0.4, -0.2) is 39.0 Å². The fourth-order valence-corrected chi connectivity index (χ4v) is 5.10. The Bertz CT molecular complexity index is 1070. The third-order valence-electron chi connectivity index (χ3n) is 4.63. The number of carbonyl (C=O) groups is 2. The van der Waals surface area contributed by atoms with Crippen molar-refractivity contribution in [3.63, 3.8) is 0 Å². The number of hydrogen-bond donors (Lipinski definition) is 1. The molecule has 1 aromatic carbocycles. The molecule has 0 aliphatic heterocycles. The first-order valence-corrected chi connectivity index (χ1v) is 11.8. The van der Waals surface area contributed by atoms with Gasteiger partial charge in [0.05, 0.1) is 17.9 Å². The molecule has 0 atom stereocenters. The zero-order valence-electron chi connectivity index (χ0n) is 18.3. The van der Waals surface area contributed by atoms with Gasteiger partial charge in [-0.25, -0.2) is 4.79 Å². The number of thiophene rings is 1. The normalized spacial score (nSPS) is 11.0. The molecule has 9 heteroatoms. The standard InChI is InChI=1S/C22H26N4O3S2/c1-6-29-21(28)17-14(4)18(15-10-8-7-9-11-15)31-20(17)23-16(27)12-30-22-25-24-19(13(2)3)26(22)5/h7-11,13H,6,12H2,1-5H3,(H,23,27). The molecule has 0 aliphatic rings. The van der Waals surface area contributed by atoms with Crippen LogP contribution in [0.5, 0.6) is 0 Å². The van der Waals surface area contributed by atoms with Crippen LogP contribution in [0.25, 0.3) is 10.4 Å². The quantitative estimate of drug-likeness (QED) is 0.382. The largest absolute Gasteiger partial charge is 0.462 e. The molecule has 31 heavy (non-hydrogen) atoms. The van der Waals surface area contributed by atoms with Crippen LogP contribution in [0, 0.1) is 6.92 Å². The van der Waals surface area contributed by atoms with Crippen molar-refractivity contribution in [3.8, 4) is 10.4 Å². The zero-order valence-corrected chi connectivity index (χ0v) is 19.9. The summed E-state index contributed by atoms with van der Waals surface area (Å²) in [5.41, 5.74) is 2.20. The van der Waals surface area contributed by atoms with E-state index in [1.54, 1.807) is 6.92 Å². The molecule has 0 aliphatic carbocycles. The van der Waals surface area contributed by atoms with E-state index in [9.17, 15) is 9.59 Å². The zero-order chi connectivity index (χ0) is 22.5. The lowest BCUT2D eigenvalue weighted by Crippen LogP contribution is -2.16. The van der Waals surface area contributed by atoms with Gasteiger partial charge in [-0.2, -0.15) is 0 Å². The molecule has 3 aromatic rings. The van der Waals surface area contributed by atoms with E-state index < -0.39 is 5.97 Å². The van der Waals surface area contributed by atoms with Gasteiger partial charge >= 0.3 is 5.97 Å². The summed E-state index contributed by atoms with van der Waals surface area (Å²) in [6.07, 6.45) is 0. The summed E-state index contributed by atoms with van der Waals surface area (Å²) in [5, 5.41) is 12.4. The van der Waals surface area contributed by atoms with Crippen molar-refractivity contribution in [2.45, 2.75) is 38.8 Å². The van der Waals surface area contributed by atoms with Crippen molar-refractivity contribution < 1.29 is 14.3 Å². The summed E-state index contributed by atoms with van der Waals surface area (Å²) in [5.74, 6) is 0.623. The van der Waals surface area contributed by atoms with Crippen LogP contribution in [0.4, 0.5) is 5.00 Å². The number of nitrogens with one attached hydrogen (secondary N) is 1. The highest BCUT2D eigenvalue weighted by atomic mass is 32.2. The average molecular weight is 459 g/mol. The highest BCUT2D eigenvalue weighted by Gasteiger charge is 2.24. The molecule has 2 aromatic heterocycles. The summed E-state index contributed by atoms with van der Waals surface area (Å²) in [7, 11) is 1.89. The molecular formula is C22H26N4O3S2. The maximum absolute atomic E-state index is 12.7. The fourth-order valence-electron chi connectivity index (χ4n) is 3.16. The molecule has 2 heterocycles. The van der Waals surface area contributed by atoms with E-state index in [0.29, 0.717) is 15.7 Å². The number of hydrogen-bond acceptors (Lipinski definition) is 7. The Morgan fingerprint density at radius 3 is 2.55 bits per heavy atom. The van der Waals surface area contributed by atoms with Gasteiger partial charge in [0.25, 0.3) is 0 Å². The SMILES string of the molecule is CCOC(=O)c1c(NC(=O)CSc2nnc(C(C)C)n2C)sc(-c2ccccc2)c1C. The van der Waals surface area contributed by atoms with E-state index in [0.717, 1.165) is 21.8 Å². The van der Waals surface area contributed by atoms with Gasteiger partial charge in [0.2, 0.25) is 5.91 Å². The molecule has 0 bridgehead atoms. The van der Waals surface area contributed by atoms with Crippen molar-refractivity contribution in [1.29, 1.82) is 0 Å². The monoisotopic (exact) mass is 458 g/mol. The molecule has 0 spiro atoms. The van der Waals surface area contributed by atoms with E-state index in [1.807, 2.05) is 62.7 Å². The Labute approximate surface area is 190 Å². The van der Waals surface area contributed by atoms with Crippen molar-refractivity contribution in [2.24, 2.45) is 7.05 Å². The van der Waals surface area contributed by atoms with E-state index in [4.69, 9.17) is 4.74 Å². The third kappa shape index (κ3) is 5.16. The van der Waals surface area contributed by atoms with E-state index in [2.05, 4.69) is 15.5 Å². The number of rotatable bonds is 8. The van der Waals surface area contributed by atoms with Gasteiger partial charge in [-0.15, -0.1) is 21.5 Å². The lowest BCUT2D eigenvalue weighted by molar-refractivity contribution is -0.113. The predicted molar refractivity (Wildman–Crippen MR) is 125 cm³/mol. The van der Waals surface area contributed by atoms with E-state index >= 15 is 0 Å². The van der Waals surface area contributed by atoms with Crippen LogP contribution in [0.1, 0.15) is 48.4 Å². The molecule has 164 valence electrons. The first-order chi connectivity index (χ1) is 14.8. The number of aromatic nitrogens is 3. The first-order valence-electron chi connectivity index (χ1n) is 10.0. The summed E-state index contributed by atoms with van der Waals surface area (Å²) >= 11 is 2.69. The number of carbonyl (C=O) groups excluding carboxylic acids is 2. The smallest absolute Gasteiger partial charge is 0.341 e. The van der Waals surface area contributed by atoms with Crippen LogP contribution in [-0.2, 0) is 16.6 Å². The van der Waals surface area contributed by atoms with Crippen LogP contribution in [0.3, 0.4) is 0 Å². The maximum atomic E-state index is 12.7. The fraction of sp³-hybridized carbons (Fsp3) is 0.364. The third-order valence-corrected chi connectivity index (χ3v) is 6.91. The molecule has 7 nitrogen and oxygen atoms in total. The highest BCUT2D eigenvalue weighted by Crippen LogP contribution is 2.40. The summed E-state index contributed by atoms with van der Waals surface area (Å²) in [6.45, 7) is 8.00. The number of nitrogens with zero attached hydrogens (tertiary/aromatic N) is 3. The number of thioether (sulfide) groups is 1. The minimum Gasteiger partial charge on any atom is -0.462 e. The second-order valence-electron chi connectivity index (χ2n) is 7.24. The number of benzene rings is 1. The van der Waals surface area contributed by atoms with Gasteiger partial charge in [-0.1, -0.05) is 55.9 Å². The molecule has 0 fully saturated rings. The maximum Gasteiger partial charge on any atom is 0.341 e. The van der Waals surface area contributed by atoms with Crippen LogP contribution < -0.4 is 5.32 Å². The Hall–Kier alpha value is -2.65. The summed E-state index contributed by atoms with van der Waals surface area (Å²) in [6, 6.07) is 9.79. The molecule has 1 N–H and O–H groups in total. The van der Waals surface area contributed by atoms with Crippen LogP contribution in [0.15, 0.2) is 35.5 Å². The lowest BCUT2D eigenvalue weighted by Gasteiger charge is -2.08. The van der Waals surface area contributed by atoms with E-state index in [-0.39, 0.29) is 24.2 Å². The molecule has 0 unspecified atom stereocenters. The molecule has 0 radical (unpaired) electrons. The van der Waals surface area contributed by atoms with Crippen molar-refractivity contribution in [1.82, 2.24) is 14.8 Å². The summed E-state index contributed by atoms with van der Waals surface area (Å²) < 4.78 is 7.14. The Balaban J connectivity index is 1.81. The van der Waals surface area contributed by atoms with Gasteiger partial charge < -0.3 is 14.6 Å². The number of amides is 1. The Morgan fingerprint density at radius 1 is 1.23 bits per heavy atom. The first kappa shape index (κ1) is 23.0. The second kappa shape index (κ2) is 10.1. The van der Waals surface area contributed by atoms with Crippen molar-refractivity contribution in [3.05, 3.63) is 47.3 Å². The number of esters is 1. The molecule has 0 saturated heterocycles. The predicted octanol–water partition coefficient (Wildman–Crippen LogP) is 4.88. The van der Waals surface area contributed by atoms with Gasteiger partial charge in [0, 0.05) is 17.8 Å². The van der Waals surface area contributed by atoms with E-state index in [1.165, 1.54) is 23.1 Å². The number of anilines is 1. The van der Waals surface area contributed by atoms with Crippen molar-refractivity contribution >= 4 is 40.0 Å². The van der Waals surface area contributed by atoms with Crippen LogP contribution >= 0.6 is 23.1 Å². The molecule has 3 rings (SSSR count). The second-order valence-corrected chi connectivity index (χ2v) is 9.20. The summed E-state index contributed by atoms with van der Waals surface area (Å²) in [4.78, 5) is 26.2. The molecular weight excluding hydrogens is 432 g/mol. The molecule has 0 saturated carbocycles. The minimum atomic E-state index is -0.434. The van der Waals surface area contributed by atoms with Gasteiger partial charge in [0.1, 0.15) is 10.8 Å². The van der Waals surface area contributed by atoms with Crippen LogP contribution in [0.2, 0.25) is 0 Å².